The molecule has 1 amide bonds. The maximum absolute atomic E-state index is 13.4. The zero-order valence-electron chi connectivity index (χ0n) is 19.9. The molecule has 1 aromatic carbocycles. The van der Waals surface area contributed by atoms with E-state index in [-0.39, 0.29) is 21.9 Å². The van der Waals surface area contributed by atoms with E-state index < -0.39 is 5.91 Å². The third kappa shape index (κ3) is 3.87. The first-order valence-corrected chi connectivity index (χ1v) is 13.4. The molecule has 180 valence electrons. The van der Waals surface area contributed by atoms with Crippen LogP contribution in [0.5, 0.6) is 0 Å². The van der Waals surface area contributed by atoms with Crippen LogP contribution >= 0.6 is 22.7 Å². The number of aromatic nitrogens is 1. The minimum atomic E-state index is -0.400. The van der Waals surface area contributed by atoms with Gasteiger partial charge < -0.3 is 16.8 Å². The van der Waals surface area contributed by atoms with E-state index in [1.807, 2.05) is 24.3 Å². The Balaban J connectivity index is 1.61. The monoisotopic (exact) mass is 512 g/mol. The van der Waals surface area contributed by atoms with E-state index in [2.05, 4.69) is 36.3 Å². The molecule has 0 fully saturated rings. The van der Waals surface area contributed by atoms with Crippen LogP contribution in [0.15, 0.2) is 24.3 Å². The quantitative estimate of drug-likeness (QED) is 0.312. The molecule has 5 rings (SSSR count). The number of carbonyl (C=O) groups excluding carboxylic acids is 1. The highest BCUT2D eigenvalue weighted by atomic mass is 32.1. The summed E-state index contributed by atoms with van der Waals surface area (Å²) in [4.78, 5) is 19.7. The van der Waals surface area contributed by atoms with Gasteiger partial charge in [-0.05, 0) is 48.3 Å². The van der Waals surface area contributed by atoms with Crippen molar-refractivity contribution in [3.05, 3.63) is 56.3 Å². The number of rotatable bonds is 4. The van der Waals surface area contributed by atoms with Crippen molar-refractivity contribution in [2.45, 2.75) is 39.5 Å². The van der Waals surface area contributed by atoms with Gasteiger partial charge in [0, 0.05) is 15.8 Å². The van der Waals surface area contributed by atoms with Gasteiger partial charge in [-0.1, -0.05) is 38.1 Å². The second-order valence-electron chi connectivity index (χ2n) is 9.06. The molecular weight excluding hydrogens is 488 g/mol. The summed E-state index contributed by atoms with van der Waals surface area (Å²) in [7, 11) is 0. The number of carbonyl (C=O) groups is 1. The summed E-state index contributed by atoms with van der Waals surface area (Å²) >= 11 is 2.60. The van der Waals surface area contributed by atoms with Crippen LogP contribution in [0.1, 0.15) is 57.1 Å². The third-order valence-corrected chi connectivity index (χ3v) is 8.99. The molecule has 36 heavy (non-hydrogen) atoms. The van der Waals surface area contributed by atoms with E-state index in [0.717, 1.165) is 58.6 Å². The Morgan fingerprint density at radius 1 is 1.17 bits per heavy atom. The minimum absolute atomic E-state index is 0.0968. The molecule has 5 N–H and O–H groups in total. The summed E-state index contributed by atoms with van der Waals surface area (Å²) in [6.45, 7) is 4.27. The van der Waals surface area contributed by atoms with Gasteiger partial charge in [-0.15, -0.1) is 22.7 Å². The molecule has 3 heterocycles. The molecule has 1 unspecified atom stereocenters. The van der Waals surface area contributed by atoms with Crippen molar-refractivity contribution < 1.29 is 4.79 Å². The number of benzene rings is 1. The Labute approximate surface area is 217 Å². The number of amides is 1. The molecule has 0 saturated heterocycles. The number of nitriles is 2. The molecular formula is C27H24N6OS2. The molecule has 1 aliphatic rings. The van der Waals surface area contributed by atoms with Crippen molar-refractivity contribution in [3.63, 3.8) is 0 Å². The first kappa shape index (κ1) is 23.8. The summed E-state index contributed by atoms with van der Waals surface area (Å²) < 4.78 is 0. The van der Waals surface area contributed by atoms with E-state index in [0.29, 0.717) is 32.3 Å². The molecule has 0 radical (unpaired) electrons. The average molecular weight is 513 g/mol. The third-order valence-electron chi connectivity index (χ3n) is 6.72. The van der Waals surface area contributed by atoms with Gasteiger partial charge in [0.05, 0.1) is 11.3 Å². The Morgan fingerprint density at radius 3 is 2.56 bits per heavy atom. The lowest BCUT2D eigenvalue weighted by atomic mass is 9.89. The van der Waals surface area contributed by atoms with Gasteiger partial charge in [0.2, 0.25) is 0 Å². The van der Waals surface area contributed by atoms with Crippen molar-refractivity contribution in [2.75, 3.05) is 16.8 Å². The van der Waals surface area contributed by atoms with Crippen molar-refractivity contribution >= 4 is 55.3 Å². The zero-order valence-corrected chi connectivity index (χ0v) is 21.6. The number of anilines is 3. The van der Waals surface area contributed by atoms with E-state index >= 15 is 0 Å². The lowest BCUT2D eigenvalue weighted by Gasteiger charge is -2.17. The lowest BCUT2D eigenvalue weighted by molar-refractivity contribution is 0.103. The van der Waals surface area contributed by atoms with Gasteiger partial charge in [0.1, 0.15) is 38.2 Å². The van der Waals surface area contributed by atoms with Gasteiger partial charge in [-0.25, -0.2) is 4.98 Å². The smallest absolute Gasteiger partial charge is 0.268 e. The Hall–Kier alpha value is -3.92. The van der Waals surface area contributed by atoms with Crippen LogP contribution in [0.2, 0.25) is 0 Å². The minimum Gasteiger partial charge on any atom is -0.397 e. The molecule has 7 nitrogen and oxygen atoms in total. The fourth-order valence-electron chi connectivity index (χ4n) is 4.76. The van der Waals surface area contributed by atoms with Crippen molar-refractivity contribution in [3.8, 4) is 23.3 Å². The molecule has 1 atom stereocenters. The average Bonchev–Trinajstić information content (AvgIpc) is 3.38. The normalized spacial score (nSPS) is 14.7. The second kappa shape index (κ2) is 9.27. The first-order chi connectivity index (χ1) is 17.4. The van der Waals surface area contributed by atoms with E-state index in [4.69, 9.17) is 11.5 Å². The molecule has 0 aliphatic heterocycles. The number of nitrogens with one attached hydrogen (secondary N) is 1. The van der Waals surface area contributed by atoms with E-state index in [9.17, 15) is 15.3 Å². The van der Waals surface area contributed by atoms with Gasteiger partial charge in [-0.3, -0.25) is 4.79 Å². The SMILES string of the molecule is CCc1ccc(-c2c(C#N)c(N)nc3sc(C(=O)Nc4sc5c(c4C#N)CCC(C)C5)c(N)c23)cc1. The van der Waals surface area contributed by atoms with Crippen molar-refractivity contribution in [1.29, 1.82) is 10.5 Å². The standard InChI is InChI=1S/C27H24N6OS2/c1-3-14-5-7-15(8-6-14)20-18(12-29)24(31)32-27-21(20)22(30)23(36-27)25(34)33-26-17(11-28)16-9-4-13(2)10-19(16)35-26/h5-8,13H,3-4,9-10,30H2,1-2H3,(H2,31,32)(H,33,34). The predicted molar refractivity (Wildman–Crippen MR) is 146 cm³/mol. The summed E-state index contributed by atoms with van der Waals surface area (Å²) in [5.41, 5.74) is 17.3. The van der Waals surface area contributed by atoms with Crippen LogP contribution < -0.4 is 16.8 Å². The highest BCUT2D eigenvalue weighted by Gasteiger charge is 2.28. The van der Waals surface area contributed by atoms with E-state index in [1.165, 1.54) is 11.3 Å². The van der Waals surface area contributed by atoms with Gasteiger partial charge in [-0.2, -0.15) is 10.5 Å². The van der Waals surface area contributed by atoms with Crippen molar-refractivity contribution in [1.82, 2.24) is 4.98 Å². The number of fused-ring (bicyclic) bond motifs is 2. The van der Waals surface area contributed by atoms with Crippen LogP contribution in [0, 0.1) is 28.6 Å². The van der Waals surface area contributed by atoms with Crippen LogP contribution in [-0.2, 0) is 19.3 Å². The molecule has 9 heteroatoms. The topological polar surface area (TPSA) is 142 Å². The largest absolute Gasteiger partial charge is 0.397 e. The van der Waals surface area contributed by atoms with Crippen LogP contribution in [0.3, 0.4) is 0 Å². The van der Waals surface area contributed by atoms with Gasteiger partial charge in [0.25, 0.3) is 5.91 Å². The highest BCUT2D eigenvalue weighted by Crippen LogP contribution is 2.44. The summed E-state index contributed by atoms with van der Waals surface area (Å²) in [5, 5.41) is 23.7. The number of hydrogen-bond acceptors (Lipinski definition) is 8. The number of nitrogens with zero attached hydrogens (tertiary/aromatic N) is 3. The molecule has 3 aromatic heterocycles. The second-order valence-corrected chi connectivity index (χ2v) is 11.2. The molecule has 0 saturated carbocycles. The highest BCUT2D eigenvalue weighted by molar-refractivity contribution is 7.21. The fraction of sp³-hybridized carbons (Fsp3) is 0.259. The Bertz CT molecular complexity index is 1600. The number of pyridine rings is 1. The molecule has 1 aliphatic carbocycles. The maximum atomic E-state index is 13.4. The van der Waals surface area contributed by atoms with Gasteiger partial charge >= 0.3 is 0 Å². The fourth-order valence-corrected chi connectivity index (χ4v) is 7.13. The number of nitrogens with two attached hydrogens (primary N) is 2. The summed E-state index contributed by atoms with van der Waals surface area (Å²) in [6.07, 6.45) is 3.68. The maximum Gasteiger partial charge on any atom is 0.268 e. The van der Waals surface area contributed by atoms with Crippen LogP contribution in [-0.4, -0.2) is 10.9 Å². The van der Waals surface area contributed by atoms with Crippen LogP contribution in [0.4, 0.5) is 16.5 Å². The molecule has 0 bridgehead atoms. The summed E-state index contributed by atoms with van der Waals surface area (Å²) in [6, 6.07) is 12.3. The number of nitrogen functional groups attached to an aromatic ring is 2. The number of aryl methyl sites for hydroxylation is 1. The Kier molecular flexibility index (Phi) is 6.13. The lowest BCUT2D eigenvalue weighted by Crippen LogP contribution is -2.12. The zero-order chi connectivity index (χ0) is 25.6. The molecule has 0 spiro atoms. The van der Waals surface area contributed by atoms with Crippen molar-refractivity contribution in [2.24, 2.45) is 5.92 Å². The van der Waals surface area contributed by atoms with Gasteiger partial charge in [0.15, 0.2) is 0 Å². The predicted octanol–water partition coefficient (Wildman–Crippen LogP) is 5.87. The van der Waals surface area contributed by atoms with E-state index in [1.54, 1.807) is 0 Å². The Morgan fingerprint density at radius 2 is 1.89 bits per heavy atom. The van der Waals surface area contributed by atoms with Crippen LogP contribution in [0.25, 0.3) is 21.3 Å². The molecule has 4 aromatic rings. The summed E-state index contributed by atoms with van der Waals surface area (Å²) in [5.74, 6) is 0.253. The number of thiophene rings is 2. The first-order valence-electron chi connectivity index (χ1n) is 11.7. The number of hydrogen-bond donors (Lipinski definition) is 3.